The number of guanidine groups is 1. The smallest absolute Gasteiger partial charge is 0.269 e. The van der Waals surface area contributed by atoms with E-state index in [9.17, 15) is 10.1 Å². The van der Waals surface area contributed by atoms with Crippen LogP contribution in [0.15, 0.2) is 41.4 Å². The monoisotopic (exact) mass is 514 g/mol. The maximum atomic E-state index is 10.7. The minimum atomic E-state index is -0.407. The Kier molecular flexibility index (Phi) is 9.66. The molecule has 0 aliphatic rings. The second kappa shape index (κ2) is 11.4. The Hall–Kier alpha value is -2.56. The molecule has 29 heavy (non-hydrogen) atoms. The van der Waals surface area contributed by atoms with Gasteiger partial charge in [-0.1, -0.05) is 12.1 Å². The predicted octanol–water partition coefficient (Wildman–Crippen LogP) is 3.75. The largest absolute Gasteiger partial charge is 0.493 e. The number of non-ortho nitro benzene ring substituents is 1. The molecule has 9 heteroatoms. The molecule has 0 spiro atoms. The van der Waals surface area contributed by atoms with Crippen molar-refractivity contribution in [3.63, 3.8) is 0 Å². The predicted molar refractivity (Wildman–Crippen MR) is 124 cm³/mol. The highest BCUT2D eigenvalue weighted by Gasteiger charge is 2.13. The van der Waals surface area contributed by atoms with Gasteiger partial charge in [0.25, 0.3) is 5.69 Å². The third-order valence-corrected chi connectivity index (χ3v) is 4.42. The summed E-state index contributed by atoms with van der Waals surface area (Å²) < 4.78 is 10.7. The van der Waals surface area contributed by atoms with Crippen molar-refractivity contribution in [2.75, 3.05) is 28.3 Å². The van der Waals surface area contributed by atoms with E-state index in [1.54, 1.807) is 33.4 Å². The van der Waals surface area contributed by atoms with Gasteiger partial charge in [0.2, 0.25) is 0 Å². The number of benzene rings is 2. The highest BCUT2D eigenvalue weighted by atomic mass is 127. The molecule has 2 rings (SSSR count). The fourth-order valence-corrected chi connectivity index (χ4v) is 2.82. The zero-order chi connectivity index (χ0) is 20.7. The van der Waals surface area contributed by atoms with Crippen LogP contribution >= 0.6 is 24.0 Å². The Morgan fingerprint density at radius 1 is 1.17 bits per heavy atom. The van der Waals surface area contributed by atoms with Crippen molar-refractivity contribution in [1.29, 1.82) is 0 Å². The number of halogens is 1. The third kappa shape index (κ3) is 6.48. The molecule has 0 fully saturated rings. The number of rotatable bonds is 7. The van der Waals surface area contributed by atoms with E-state index < -0.39 is 4.92 Å². The molecule has 158 valence electrons. The number of aliphatic imine (C=N–C) groups is 1. The molecule has 0 saturated heterocycles. The lowest BCUT2D eigenvalue weighted by Gasteiger charge is -2.23. The van der Waals surface area contributed by atoms with E-state index in [2.05, 4.69) is 10.3 Å². The maximum Gasteiger partial charge on any atom is 0.269 e. The Balaban J connectivity index is 0.00000420. The molecule has 0 aliphatic carbocycles. The lowest BCUT2D eigenvalue weighted by molar-refractivity contribution is -0.384. The van der Waals surface area contributed by atoms with Crippen molar-refractivity contribution in [3.8, 4) is 11.5 Å². The van der Waals surface area contributed by atoms with Gasteiger partial charge in [-0.05, 0) is 35.7 Å². The summed E-state index contributed by atoms with van der Waals surface area (Å²) in [6.45, 7) is 3.17. The van der Waals surface area contributed by atoms with Crippen LogP contribution in [-0.4, -0.2) is 44.1 Å². The van der Waals surface area contributed by atoms with Crippen molar-refractivity contribution in [2.24, 2.45) is 4.99 Å². The van der Waals surface area contributed by atoms with E-state index in [0.29, 0.717) is 30.5 Å². The molecule has 8 nitrogen and oxygen atoms in total. The van der Waals surface area contributed by atoms with E-state index in [1.807, 2.05) is 31.0 Å². The molecule has 0 amide bonds. The van der Waals surface area contributed by atoms with Crippen LogP contribution < -0.4 is 14.8 Å². The van der Waals surface area contributed by atoms with Crippen LogP contribution in [0.25, 0.3) is 0 Å². The van der Waals surface area contributed by atoms with Gasteiger partial charge in [-0.15, -0.1) is 24.0 Å². The van der Waals surface area contributed by atoms with Crippen LogP contribution in [0.1, 0.15) is 16.7 Å². The SMILES string of the molecule is CN=C(NCc1ccc([N+](=O)[O-])cc1)N(C)Cc1cc(OC)c(OC)cc1C.I. The lowest BCUT2D eigenvalue weighted by atomic mass is 10.1. The van der Waals surface area contributed by atoms with Crippen LogP contribution in [-0.2, 0) is 13.1 Å². The standard InChI is InChI=1S/C20H26N4O4.HI/c1-14-10-18(27-4)19(28-5)11-16(14)13-23(3)20(21-2)22-12-15-6-8-17(9-7-15)24(25)26;/h6-11H,12-13H2,1-5H3,(H,21,22);1H. The number of hydrogen-bond acceptors (Lipinski definition) is 5. The zero-order valence-electron chi connectivity index (χ0n) is 17.3. The van der Waals surface area contributed by atoms with Gasteiger partial charge in [0.1, 0.15) is 0 Å². The van der Waals surface area contributed by atoms with E-state index >= 15 is 0 Å². The minimum absolute atomic E-state index is 0. The summed E-state index contributed by atoms with van der Waals surface area (Å²) in [4.78, 5) is 16.7. The summed E-state index contributed by atoms with van der Waals surface area (Å²) in [6, 6.07) is 10.4. The summed E-state index contributed by atoms with van der Waals surface area (Å²) in [7, 11) is 6.90. The Labute approximate surface area is 188 Å². The minimum Gasteiger partial charge on any atom is -0.493 e. The topological polar surface area (TPSA) is 89.2 Å². The quantitative estimate of drug-likeness (QED) is 0.199. The van der Waals surface area contributed by atoms with Crippen molar-refractivity contribution < 1.29 is 14.4 Å². The Morgan fingerprint density at radius 2 is 1.76 bits per heavy atom. The molecule has 2 aromatic carbocycles. The number of methoxy groups -OCH3 is 2. The van der Waals surface area contributed by atoms with E-state index in [1.165, 1.54) is 12.1 Å². The number of aryl methyl sites for hydroxylation is 1. The molecular weight excluding hydrogens is 487 g/mol. The number of nitro groups is 1. The van der Waals surface area contributed by atoms with Gasteiger partial charge in [0, 0.05) is 39.3 Å². The molecular formula is C20H27IN4O4. The van der Waals surface area contributed by atoms with Gasteiger partial charge in [-0.2, -0.15) is 0 Å². The summed E-state index contributed by atoms with van der Waals surface area (Å²) in [5, 5.41) is 14.0. The van der Waals surface area contributed by atoms with E-state index in [4.69, 9.17) is 9.47 Å². The first-order chi connectivity index (χ1) is 13.4. The van der Waals surface area contributed by atoms with Gasteiger partial charge in [0.05, 0.1) is 19.1 Å². The normalized spacial score (nSPS) is 10.7. The molecule has 0 bridgehead atoms. The average Bonchev–Trinajstić information content (AvgIpc) is 2.69. The molecule has 0 aromatic heterocycles. The van der Waals surface area contributed by atoms with Crippen molar-refractivity contribution in [2.45, 2.75) is 20.0 Å². The van der Waals surface area contributed by atoms with Crippen molar-refractivity contribution >= 4 is 35.6 Å². The van der Waals surface area contributed by atoms with Gasteiger partial charge in [-0.3, -0.25) is 15.1 Å². The van der Waals surface area contributed by atoms with E-state index in [0.717, 1.165) is 16.7 Å². The van der Waals surface area contributed by atoms with Crippen LogP contribution in [0.4, 0.5) is 5.69 Å². The number of ether oxygens (including phenoxy) is 2. The summed E-state index contributed by atoms with van der Waals surface area (Å²) in [5.74, 6) is 2.10. The molecule has 0 saturated carbocycles. The van der Waals surface area contributed by atoms with Gasteiger partial charge >= 0.3 is 0 Å². The number of nitrogens with zero attached hydrogens (tertiary/aromatic N) is 3. The highest BCUT2D eigenvalue weighted by Crippen LogP contribution is 2.30. The third-order valence-electron chi connectivity index (χ3n) is 4.42. The number of nitro benzene ring substituents is 1. The van der Waals surface area contributed by atoms with Gasteiger partial charge in [0.15, 0.2) is 17.5 Å². The molecule has 2 aromatic rings. The highest BCUT2D eigenvalue weighted by molar-refractivity contribution is 14.0. The first kappa shape index (κ1) is 24.5. The van der Waals surface area contributed by atoms with Crippen molar-refractivity contribution in [1.82, 2.24) is 10.2 Å². The molecule has 1 N–H and O–H groups in total. The fourth-order valence-electron chi connectivity index (χ4n) is 2.82. The first-order valence-electron chi connectivity index (χ1n) is 8.76. The van der Waals surface area contributed by atoms with Crippen LogP contribution in [0, 0.1) is 17.0 Å². The fraction of sp³-hybridized carbons (Fsp3) is 0.350. The van der Waals surface area contributed by atoms with Crippen LogP contribution in [0.2, 0.25) is 0 Å². The maximum absolute atomic E-state index is 10.7. The summed E-state index contributed by atoms with van der Waals surface area (Å²) in [6.07, 6.45) is 0. The zero-order valence-corrected chi connectivity index (χ0v) is 19.6. The Bertz CT molecular complexity index is 856. The summed E-state index contributed by atoms with van der Waals surface area (Å²) >= 11 is 0. The molecule has 0 heterocycles. The summed E-state index contributed by atoms with van der Waals surface area (Å²) in [5.41, 5.74) is 3.20. The number of hydrogen-bond donors (Lipinski definition) is 1. The molecule has 0 unspecified atom stereocenters. The van der Waals surface area contributed by atoms with E-state index in [-0.39, 0.29) is 29.7 Å². The van der Waals surface area contributed by atoms with Gasteiger partial charge in [-0.25, -0.2) is 0 Å². The molecule has 0 aliphatic heterocycles. The van der Waals surface area contributed by atoms with Crippen LogP contribution in [0.3, 0.4) is 0 Å². The lowest BCUT2D eigenvalue weighted by Crippen LogP contribution is -2.38. The first-order valence-corrected chi connectivity index (χ1v) is 8.76. The average molecular weight is 514 g/mol. The second-order valence-corrected chi connectivity index (χ2v) is 6.31. The Morgan fingerprint density at radius 3 is 2.28 bits per heavy atom. The second-order valence-electron chi connectivity index (χ2n) is 6.31. The van der Waals surface area contributed by atoms with Crippen LogP contribution in [0.5, 0.6) is 11.5 Å². The van der Waals surface area contributed by atoms with Crippen molar-refractivity contribution in [3.05, 3.63) is 63.2 Å². The molecule has 0 atom stereocenters. The molecule has 0 radical (unpaired) electrons. The van der Waals surface area contributed by atoms with Gasteiger partial charge < -0.3 is 19.7 Å². The number of nitrogens with one attached hydrogen (secondary N) is 1.